The van der Waals surface area contributed by atoms with Gasteiger partial charge in [-0.15, -0.1) is 0 Å². The molecule has 0 spiro atoms. The van der Waals surface area contributed by atoms with Gasteiger partial charge in [-0.25, -0.2) is 0 Å². The maximum absolute atomic E-state index is 2.45. The molecule has 2 nitrogen and oxygen atoms in total. The molecule has 44 heavy (non-hydrogen) atoms. The second-order valence-electron chi connectivity index (χ2n) is 15.0. The third-order valence-electron chi connectivity index (χ3n) is 11.7. The molecular formula is C42H90N2+2. The lowest BCUT2D eigenvalue weighted by Crippen LogP contribution is -2.49. The van der Waals surface area contributed by atoms with E-state index in [1.54, 1.807) is 0 Å². The molecule has 0 radical (unpaired) electrons. The Bertz CT molecular complexity index is 488. The number of unbranched alkanes of at least 4 members (excludes halogenated alkanes) is 25. The van der Waals surface area contributed by atoms with E-state index in [1.807, 2.05) is 0 Å². The molecule has 0 bridgehead atoms. The number of nitrogens with zero attached hydrogens (tertiary/aromatic N) is 2. The van der Waals surface area contributed by atoms with E-state index in [-0.39, 0.29) is 0 Å². The highest BCUT2D eigenvalue weighted by Crippen LogP contribution is 2.18. The van der Waals surface area contributed by atoms with Crippen LogP contribution in [0.1, 0.15) is 221 Å². The third-order valence-corrected chi connectivity index (χ3v) is 11.7. The Kier molecular flexibility index (Phi) is 32.8. The zero-order chi connectivity index (χ0) is 32.5. The fraction of sp³-hybridized carbons (Fsp3) is 1.00. The van der Waals surface area contributed by atoms with Gasteiger partial charge in [0.2, 0.25) is 0 Å². The molecule has 0 N–H and O–H groups in total. The summed E-state index contributed by atoms with van der Waals surface area (Å²) in [7, 11) is 0. The van der Waals surface area contributed by atoms with Crippen molar-refractivity contribution in [2.24, 2.45) is 0 Å². The Labute approximate surface area is 282 Å². The number of hydrogen-bond acceptors (Lipinski definition) is 0. The van der Waals surface area contributed by atoms with Crippen LogP contribution in [0.15, 0.2) is 0 Å². The minimum atomic E-state index is 1.34. The van der Waals surface area contributed by atoms with Gasteiger partial charge >= 0.3 is 0 Å². The SMILES string of the molecule is CCCCCCCCCCCC[N+](CC)(CC)CCCCCCCCCC[N+](CC)(CC)CCCCCCCCCCCC. The van der Waals surface area contributed by atoms with Crippen molar-refractivity contribution in [2.45, 2.75) is 221 Å². The van der Waals surface area contributed by atoms with Gasteiger partial charge in [0, 0.05) is 0 Å². The number of rotatable bonds is 37. The lowest BCUT2D eigenvalue weighted by molar-refractivity contribution is -0.925. The van der Waals surface area contributed by atoms with Crippen molar-refractivity contribution in [1.29, 1.82) is 0 Å². The Morgan fingerprint density at radius 1 is 0.205 bits per heavy atom. The summed E-state index contributed by atoms with van der Waals surface area (Å²) in [4.78, 5) is 0. The van der Waals surface area contributed by atoms with Gasteiger partial charge in [-0.2, -0.15) is 0 Å². The molecule has 0 fully saturated rings. The van der Waals surface area contributed by atoms with Crippen LogP contribution in [0.2, 0.25) is 0 Å². The first-order chi connectivity index (χ1) is 21.6. The lowest BCUT2D eigenvalue weighted by Gasteiger charge is -2.37. The normalized spacial score (nSPS) is 12.4. The highest BCUT2D eigenvalue weighted by Gasteiger charge is 2.23. The molecular weight excluding hydrogens is 532 g/mol. The topological polar surface area (TPSA) is 0 Å². The second-order valence-corrected chi connectivity index (χ2v) is 15.0. The fourth-order valence-corrected chi connectivity index (χ4v) is 7.76. The fourth-order valence-electron chi connectivity index (χ4n) is 7.76. The van der Waals surface area contributed by atoms with E-state index in [9.17, 15) is 0 Å². The first-order valence-corrected chi connectivity index (χ1v) is 21.3. The van der Waals surface area contributed by atoms with Crippen LogP contribution in [0.5, 0.6) is 0 Å². The Morgan fingerprint density at radius 3 is 0.523 bits per heavy atom. The second kappa shape index (κ2) is 32.8. The predicted molar refractivity (Wildman–Crippen MR) is 203 cm³/mol. The first kappa shape index (κ1) is 43.9. The molecule has 2 heteroatoms. The summed E-state index contributed by atoms with van der Waals surface area (Å²) in [6, 6.07) is 0. The van der Waals surface area contributed by atoms with Crippen LogP contribution >= 0.6 is 0 Å². The summed E-state index contributed by atoms with van der Waals surface area (Å²) >= 11 is 0. The van der Waals surface area contributed by atoms with Gasteiger partial charge in [0.15, 0.2) is 0 Å². The van der Waals surface area contributed by atoms with Crippen LogP contribution in [-0.4, -0.2) is 61.3 Å². The summed E-state index contributed by atoms with van der Waals surface area (Å²) in [5.74, 6) is 0. The third kappa shape index (κ3) is 25.1. The zero-order valence-electron chi connectivity index (χ0n) is 32.4. The van der Waals surface area contributed by atoms with Gasteiger partial charge in [-0.3, -0.25) is 0 Å². The molecule has 0 atom stereocenters. The van der Waals surface area contributed by atoms with E-state index in [1.165, 1.54) is 241 Å². The Hall–Kier alpha value is -0.0800. The average molecular weight is 623 g/mol. The summed E-state index contributed by atoms with van der Waals surface area (Å²) in [5, 5.41) is 0. The molecule has 266 valence electrons. The van der Waals surface area contributed by atoms with E-state index in [4.69, 9.17) is 0 Å². The van der Waals surface area contributed by atoms with Crippen LogP contribution < -0.4 is 0 Å². The molecule has 0 saturated heterocycles. The lowest BCUT2D eigenvalue weighted by atomic mass is 10.0. The maximum Gasteiger partial charge on any atom is 0.0786 e. The van der Waals surface area contributed by atoms with E-state index in [0.29, 0.717) is 0 Å². The van der Waals surface area contributed by atoms with E-state index < -0.39 is 0 Å². The van der Waals surface area contributed by atoms with Gasteiger partial charge in [-0.05, 0) is 79.1 Å². The molecule has 0 aliphatic rings. The molecule has 0 heterocycles. The summed E-state index contributed by atoms with van der Waals surface area (Å²) in [6.07, 6.45) is 40.8. The van der Waals surface area contributed by atoms with E-state index in [0.717, 1.165) is 0 Å². The van der Waals surface area contributed by atoms with Crippen LogP contribution in [0.25, 0.3) is 0 Å². The van der Waals surface area contributed by atoms with Gasteiger partial charge < -0.3 is 8.97 Å². The summed E-state index contributed by atoms with van der Waals surface area (Å²) in [6.45, 7) is 25.5. The minimum absolute atomic E-state index is 1.34. The average Bonchev–Trinajstić information content (AvgIpc) is 3.05. The van der Waals surface area contributed by atoms with Crippen molar-refractivity contribution in [1.82, 2.24) is 0 Å². The summed E-state index contributed by atoms with van der Waals surface area (Å²) in [5.41, 5.74) is 0. The van der Waals surface area contributed by atoms with Crippen molar-refractivity contribution < 1.29 is 8.97 Å². The van der Waals surface area contributed by atoms with Crippen LogP contribution in [0.4, 0.5) is 0 Å². The van der Waals surface area contributed by atoms with Crippen LogP contribution in [-0.2, 0) is 0 Å². The molecule has 0 aromatic rings. The van der Waals surface area contributed by atoms with Gasteiger partial charge in [0.05, 0.1) is 52.4 Å². The molecule has 0 amide bonds. The molecule has 0 aromatic carbocycles. The minimum Gasteiger partial charge on any atom is -0.324 e. The Balaban J connectivity index is 3.85. The molecule has 0 aromatic heterocycles. The molecule has 0 saturated carbocycles. The summed E-state index contributed by atoms with van der Waals surface area (Å²) < 4.78 is 2.76. The molecule has 0 rings (SSSR count). The van der Waals surface area contributed by atoms with Crippen molar-refractivity contribution in [3.63, 3.8) is 0 Å². The zero-order valence-corrected chi connectivity index (χ0v) is 32.4. The van der Waals surface area contributed by atoms with Crippen LogP contribution in [0, 0.1) is 0 Å². The van der Waals surface area contributed by atoms with E-state index in [2.05, 4.69) is 41.5 Å². The number of quaternary nitrogens is 2. The van der Waals surface area contributed by atoms with Crippen molar-refractivity contribution >= 4 is 0 Å². The highest BCUT2D eigenvalue weighted by molar-refractivity contribution is 4.53. The van der Waals surface area contributed by atoms with Gasteiger partial charge in [0.1, 0.15) is 0 Å². The predicted octanol–water partition coefficient (Wildman–Crippen LogP) is 13.7. The smallest absolute Gasteiger partial charge is 0.0786 e. The number of hydrogen-bond donors (Lipinski definition) is 0. The highest BCUT2D eigenvalue weighted by atomic mass is 15.3. The van der Waals surface area contributed by atoms with Gasteiger partial charge in [0.25, 0.3) is 0 Å². The molecule has 0 aliphatic carbocycles. The van der Waals surface area contributed by atoms with Crippen LogP contribution in [0.3, 0.4) is 0 Å². The Morgan fingerprint density at radius 2 is 0.364 bits per heavy atom. The van der Waals surface area contributed by atoms with E-state index >= 15 is 0 Å². The monoisotopic (exact) mass is 623 g/mol. The van der Waals surface area contributed by atoms with Crippen molar-refractivity contribution in [3.8, 4) is 0 Å². The molecule has 0 unspecified atom stereocenters. The van der Waals surface area contributed by atoms with Gasteiger partial charge in [-0.1, -0.05) is 142 Å². The maximum atomic E-state index is 2.45. The first-order valence-electron chi connectivity index (χ1n) is 21.3. The quantitative estimate of drug-likeness (QED) is 0.0477. The van der Waals surface area contributed by atoms with Crippen molar-refractivity contribution in [2.75, 3.05) is 52.4 Å². The standard InChI is InChI=1S/C42H90N2/c1-7-13-15-17-19-21-23-27-31-35-39-43(9-3,10-4)41-37-33-29-25-26-30-34-38-42-44(11-5,12-6)40-36-32-28-24-22-20-18-16-14-8-2/h7-42H2,1-6H3/q+2. The molecule has 0 aliphatic heterocycles. The largest absolute Gasteiger partial charge is 0.324 e. The van der Waals surface area contributed by atoms with Crippen molar-refractivity contribution in [3.05, 3.63) is 0 Å².